The standard InChI is InChI=1S/C18H19N5O/c1-2-4-17-16(3-1)20-18(21-17)22-19-13-14-5-7-15(8-6-14)23-9-11-24-12-10-23/h1-8,13H,9-12H2,(H2,20,21,22)/b19-13+. The monoisotopic (exact) mass is 321 g/mol. The Bertz CT molecular complexity index is 801. The highest BCUT2D eigenvalue weighted by molar-refractivity contribution is 5.81. The number of aromatic amines is 1. The first-order valence-electron chi connectivity index (χ1n) is 8.05. The lowest BCUT2D eigenvalue weighted by Gasteiger charge is -2.28. The first-order valence-corrected chi connectivity index (χ1v) is 8.05. The van der Waals surface area contributed by atoms with Gasteiger partial charge in [-0.25, -0.2) is 10.4 Å². The number of para-hydroxylation sites is 2. The fraction of sp³-hybridized carbons (Fsp3) is 0.222. The zero-order chi connectivity index (χ0) is 16.2. The first-order chi connectivity index (χ1) is 11.9. The van der Waals surface area contributed by atoms with Crippen molar-refractivity contribution in [2.75, 3.05) is 36.6 Å². The summed E-state index contributed by atoms with van der Waals surface area (Å²) in [5.74, 6) is 0.636. The third-order valence-electron chi connectivity index (χ3n) is 4.04. The largest absolute Gasteiger partial charge is 0.378 e. The summed E-state index contributed by atoms with van der Waals surface area (Å²) in [7, 11) is 0. The van der Waals surface area contributed by atoms with Crippen molar-refractivity contribution in [3.8, 4) is 0 Å². The van der Waals surface area contributed by atoms with Gasteiger partial charge in [-0.1, -0.05) is 24.3 Å². The third kappa shape index (κ3) is 3.23. The molecule has 0 atom stereocenters. The number of hydrazone groups is 1. The molecule has 1 fully saturated rings. The van der Waals surface area contributed by atoms with Crippen molar-refractivity contribution in [3.05, 3.63) is 54.1 Å². The lowest BCUT2D eigenvalue weighted by molar-refractivity contribution is 0.122. The van der Waals surface area contributed by atoms with Crippen molar-refractivity contribution in [3.63, 3.8) is 0 Å². The van der Waals surface area contributed by atoms with E-state index in [1.807, 2.05) is 24.3 Å². The van der Waals surface area contributed by atoms with E-state index in [9.17, 15) is 0 Å². The van der Waals surface area contributed by atoms with Crippen LogP contribution in [0.1, 0.15) is 5.56 Å². The summed E-state index contributed by atoms with van der Waals surface area (Å²) in [5.41, 5.74) is 7.11. The van der Waals surface area contributed by atoms with Gasteiger partial charge in [0.05, 0.1) is 30.5 Å². The second-order valence-electron chi connectivity index (χ2n) is 5.66. The van der Waals surface area contributed by atoms with Gasteiger partial charge in [-0.2, -0.15) is 5.10 Å². The number of imidazole rings is 1. The zero-order valence-corrected chi connectivity index (χ0v) is 13.3. The molecule has 0 spiro atoms. The van der Waals surface area contributed by atoms with Gasteiger partial charge in [0.15, 0.2) is 0 Å². The molecular weight excluding hydrogens is 302 g/mol. The topological polar surface area (TPSA) is 65.5 Å². The summed E-state index contributed by atoms with van der Waals surface area (Å²) in [4.78, 5) is 9.93. The molecule has 2 N–H and O–H groups in total. The Hall–Kier alpha value is -2.86. The number of fused-ring (bicyclic) bond motifs is 1. The van der Waals surface area contributed by atoms with Gasteiger partial charge in [-0.3, -0.25) is 0 Å². The number of benzene rings is 2. The number of hydrogen-bond donors (Lipinski definition) is 2. The van der Waals surface area contributed by atoms with Crippen LogP contribution in [-0.4, -0.2) is 42.5 Å². The Balaban J connectivity index is 1.40. The highest BCUT2D eigenvalue weighted by Gasteiger charge is 2.10. The minimum Gasteiger partial charge on any atom is -0.378 e. The van der Waals surface area contributed by atoms with E-state index in [-0.39, 0.29) is 0 Å². The van der Waals surface area contributed by atoms with Crippen molar-refractivity contribution in [1.29, 1.82) is 0 Å². The van der Waals surface area contributed by atoms with E-state index in [2.05, 4.69) is 49.7 Å². The van der Waals surface area contributed by atoms with Crippen LogP contribution in [0.2, 0.25) is 0 Å². The molecule has 6 heteroatoms. The highest BCUT2D eigenvalue weighted by Crippen LogP contribution is 2.16. The van der Waals surface area contributed by atoms with Crippen molar-refractivity contribution >= 4 is 28.9 Å². The number of rotatable bonds is 4. The van der Waals surface area contributed by atoms with Gasteiger partial charge in [-0.15, -0.1) is 0 Å². The maximum absolute atomic E-state index is 5.38. The summed E-state index contributed by atoms with van der Waals surface area (Å²) in [5, 5.41) is 4.25. The number of hydrogen-bond acceptors (Lipinski definition) is 5. The Morgan fingerprint density at radius 3 is 2.67 bits per heavy atom. The first kappa shape index (κ1) is 14.7. The van der Waals surface area contributed by atoms with E-state index in [0.29, 0.717) is 5.95 Å². The van der Waals surface area contributed by atoms with Crippen molar-refractivity contribution in [2.45, 2.75) is 0 Å². The van der Waals surface area contributed by atoms with Gasteiger partial charge in [0.2, 0.25) is 5.95 Å². The minimum absolute atomic E-state index is 0.636. The molecule has 0 saturated carbocycles. The molecule has 0 unspecified atom stereocenters. The average Bonchev–Trinajstić information content (AvgIpc) is 3.06. The molecule has 24 heavy (non-hydrogen) atoms. The Kier molecular flexibility index (Phi) is 4.12. The number of H-pyrrole nitrogens is 1. The number of nitrogens with zero attached hydrogens (tertiary/aromatic N) is 3. The lowest BCUT2D eigenvalue weighted by atomic mass is 10.2. The normalized spacial score (nSPS) is 15.2. The molecule has 122 valence electrons. The van der Waals surface area contributed by atoms with Crippen LogP contribution >= 0.6 is 0 Å². The molecule has 0 bridgehead atoms. The quantitative estimate of drug-likeness (QED) is 0.573. The van der Waals surface area contributed by atoms with Crippen molar-refractivity contribution < 1.29 is 4.74 Å². The number of nitrogens with one attached hydrogen (secondary N) is 2. The fourth-order valence-corrected chi connectivity index (χ4v) is 2.77. The molecular formula is C18H19N5O. The van der Waals surface area contributed by atoms with E-state index in [0.717, 1.165) is 42.9 Å². The van der Waals surface area contributed by atoms with E-state index in [1.165, 1.54) is 5.69 Å². The molecule has 1 aliphatic rings. The molecule has 1 saturated heterocycles. The van der Waals surface area contributed by atoms with Gasteiger partial charge < -0.3 is 14.6 Å². The Morgan fingerprint density at radius 2 is 1.88 bits per heavy atom. The van der Waals surface area contributed by atoms with Crippen LogP contribution in [0.15, 0.2) is 53.6 Å². The van der Waals surface area contributed by atoms with E-state index >= 15 is 0 Å². The molecule has 0 radical (unpaired) electrons. The molecule has 0 aliphatic carbocycles. The van der Waals surface area contributed by atoms with Gasteiger partial charge >= 0.3 is 0 Å². The fourth-order valence-electron chi connectivity index (χ4n) is 2.77. The maximum atomic E-state index is 5.38. The summed E-state index contributed by atoms with van der Waals surface area (Å²) < 4.78 is 5.38. The maximum Gasteiger partial charge on any atom is 0.222 e. The lowest BCUT2D eigenvalue weighted by Crippen LogP contribution is -2.36. The summed E-state index contributed by atoms with van der Waals surface area (Å²) in [6.45, 7) is 3.48. The van der Waals surface area contributed by atoms with Crippen molar-refractivity contribution in [2.24, 2.45) is 5.10 Å². The molecule has 1 aliphatic heterocycles. The molecule has 2 heterocycles. The number of morpholine rings is 1. The van der Waals surface area contributed by atoms with Gasteiger partial charge in [0, 0.05) is 18.8 Å². The van der Waals surface area contributed by atoms with Crippen LogP contribution < -0.4 is 10.3 Å². The molecule has 1 aromatic heterocycles. The molecule has 3 aromatic rings. The van der Waals surface area contributed by atoms with Crippen LogP contribution in [-0.2, 0) is 4.74 Å². The number of ether oxygens (including phenoxy) is 1. The predicted molar refractivity (Wildman–Crippen MR) is 96.8 cm³/mol. The van der Waals surface area contributed by atoms with Crippen LogP contribution in [0.3, 0.4) is 0 Å². The average molecular weight is 321 g/mol. The zero-order valence-electron chi connectivity index (χ0n) is 13.3. The second-order valence-corrected chi connectivity index (χ2v) is 5.66. The predicted octanol–water partition coefficient (Wildman–Crippen LogP) is 2.85. The highest BCUT2D eigenvalue weighted by atomic mass is 16.5. The second kappa shape index (κ2) is 6.72. The Labute approximate surface area is 140 Å². The van der Waals surface area contributed by atoms with Crippen LogP contribution in [0.25, 0.3) is 11.0 Å². The molecule has 6 nitrogen and oxygen atoms in total. The van der Waals surface area contributed by atoms with E-state index in [1.54, 1.807) is 6.21 Å². The van der Waals surface area contributed by atoms with Crippen LogP contribution in [0.5, 0.6) is 0 Å². The smallest absolute Gasteiger partial charge is 0.222 e. The minimum atomic E-state index is 0.636. The van der Waals surface area contributed by atoms with Crippen LogP contribution in [0.4, 0.5) is 11.6 Å². The van der Waals surface area contributed by atoms with Crippen LogP contribution in [0, 0.1) is 0 Å². The number of aromatic nitrogens is 2. The summed E-state index contributed by atoms with van der Waals surface area (Å²) in [6.07, 6.45) is 1.79. The molecule has 4 rings (SSSR count). The van der Waals surface area contributed by atoms with E-state index in [4.69, 9.17) is 4.74 Å². The van der Waals surface area contributed by atoms with Gasteiger partial charge in [-0.05, 0) is 29.8 Å². The van der Waals surface area contributed by atoms with Gasteiger partial charge in [0.1, 0.15) is 0 Å². The Morgan fingerprint density at radius 1 is 1.08 bits per heavy atom. The third-order valence-corrected chi connectivity index (χ3v) is 4.04. The summed E-state index contributed by atoms with van der Waals surface area (Å²) in [6, 6.07) is 16.3. The molecule has 0 amide bonds. The van der Waals surface area contributed by atoms with Gasteiger partial charge in [0.25, 0.3) is 0 Å². The van der Waals surface area contributed by atoms with E-state index < -0.39 is 0 Å². The molecule has 2 aromatic carbocycles. The van der Waals surface area contributed by atoms with Crippen molar-refractivity contribution in [1.82, 2.24) is 9.97 Å². The summed E-state index contributed by atoms with van der Waals surface area (Å²) >= 11 is 0. The SMILES string of the molecule is C(=N\Nc1nc2ccccc2[nH]1)/c1ccc(N2CCOCC2)cc1. The number of anilines is 2.